The monoisotopic (exact) mass is 367 g/mol. The molecule has 118 valence electrons. The highest BCUT2D eigenvalue weighted by atomic mass is 79.9. The molecule has 3 nitrogen and oxygen atoms in total. The first-order valence-corrected chi connectivity index (χ1v) is 7.64. The molecule has 0 aromatic carbocycles. The number of aryl methyl sites for hydroxylation is 2. The molecule has 0 bridgehead atoms. The minimum Gasteiger partial charge on any atom is -0.465 e. The standard InChI is InChI=1S/C14H17BrF3NO2/c1-7-11(12(15)8(2)21-7)13(20)19-10-6-4-3-5-9(10)14(16,17)18/h9-10H,3-6H2,1-2H3,(H,19,20). The zero-order valence-electron chi connectivity index (χ0n) is 11.8. The summed E-state index contributed by atoms with van der Waals surface area (Å²) < 4.78 is 44.9. The summed E-state index contributed by atoms with van der Waals surface area (Å²) in [5, 5.41) is 2.54. The van der Waals surface area contributed by atoms with E-state index >= 15 is 0 Å². The summed E-state index contributed by atoms with van der Waals surface area (Å²) in [6.45, 7) is 3.31. The van der Waals surface area contributed by atoms with E-state index < -0.39 is 24.0 Å². The molecule has 7 heteroatoms. The molecule has 1 aliphatic rings. The second kappa shape index (κ2) is 6.02. The van der Waals surface area contributed by atoms with Gasteiger partial charge in [-0.1, -0.05) is 12.8 Å². The first-order valence-electron chi connectivity index (χ1n) is 6.85. The molecule has 0 aliphatic heterocycles. The quantitative estimate of drug-likeness (QED) is 0.835. The van der Waals surface area contributed by atoms with Gasteiger partial charge in [0.25, 0.3) is 5.91 Å². The van der Waals surface area contributed by atoms with Gasteiger partial charge in [-0.15, -0.1) is 0 Å². The van der Waals surface area contributed by atoms with Gasteiger partial charge in [0.2, 0.25) is 0 Å². The van der Waals surface area contributed by atoms with Gasteiger partial charge in [-0.2, -0.15) is 13.2 Å². The Balaban J connectivity index is 2.17. The van der Waals surface area contributed by atoms with Crippen molar-refractivity contribution >= 4 is 21.8 Å². The van der Waals surface area contributed by atoms with Crippen molar-refractivity contribution in [1.29, 1.82) is 0 Å². The van der Waals surface area contributed by atoms with Crippen LogP contribution in [-0.4, -0.2) is 18.1 Å². The molecule has 0 saturated heterocycles. The predicted octanol–water partition coefficient (Wildman–Crippen LogP) is 4.51. The van der Waals surface area contributed by atoms with Crippen molar-refractivity contribution < 1.29 is 22.4 Å². The average Bonchev–Trinajstić information content (AvgIpc) is 2.62. The number of hydrogen-bond acceptors (Lipinski definition) is 2. The summed E-state index contributed by atoms with van der Waals surface area (Å²) in [7, 11) is 0. The molecule has 1 saturated carbocycles. The van der Waals surface area contributed by atoms with E-state index in [-0.39, 0.29) is 12.0 Å². The summed E-state index contributed by atoms with van der Waals surface area (Å²) in [6, 6.07) is -0.868. The van der Waals surface area contributed by atoms with Crippen LogP contribution in [0.4, 0.5) is 13.2 Å². The number of furan rings is 1. The van der Waals surface area contributed by atoms with Crippen molar-refractivity contribution in [3.63, 3.8) is 0 Å². The summed E-state index contributed by atoms with van der Waals surface area (Å²) >= 11 is 3.24. The molecule has 1 heterocycles. The van der Waals surface area contributed by atoms with E-state index in [0.717, 1.165) is 0 Å². The number of carbonyl (C=O) groups is 1. The van der Waals surface area contributed by atoms with E-state index in [2.05, 4.69) is 21.2 Å². The van der Waals surface area contributed by atoms with E-state index in [0.29, 0.717) is 35.3 Å². The second-order valence-corrected chi connectivity index (χ2v) is 6.21. The van der Waals surface area contributed by atoms with Gasteiger partial charge in [0.15, 0.2) is 0 Å². The van der Waals surface area contributed by atoms with Gasteiger partial charge in [-0.25, -0.2) is 0 Å². The molecular weight excluding hydrogens is 351 g/mol. The fourth-order valence-electron chi connectivity index (χ4n) is 2.85. The van der Waals surface area contributed by atoms with Crippen LogP contribution in [0, 0.1) is 19.8 Å². The molecule has 1 aliphatic carbocycles. The van der Waals surface area contributed by atoms with Gasteiger partial charge in [-0.05, 0) is 42.6 Å². The molecule has 2 unspecified atom stereocenters. The topological polar surface area (TPSA) is 42.2 Å². The highest BCUT2D eigenvalue weighted by Crippen LogP contribution is 2.38. The summed E-state index contributed by atoms with van der Waals surface area (Å²) in [4.78, 5) is 12.3. The molecule has 0 spiro atoms. The zero-order valence-corrected chi connectivity index (χ0v) is 13.4. The van der Waals surface area contributed by atoms with Crippen LogP contribution in [-0.2, 0) is 0 Å². The number of rotatable bonds is 2. The van der Waals surface area contributed by atoms with E-state index in [1.165, 1.54) is 0 Å². The minimum atomic E-state index is -4.28. The first kappa shape index (κ1) is 16.4. The van der Waals surface area contributed by atoms with Crippen molar-refractivity contribution in [2.45, 2.75) is 51.7 Å². The number of halogens is 4. The Hall–Kier alpha value is -0.980. The summed E-state index contributed by atoms with van der Waals surface area (Å²) in [6.07, 6.45) is -2.62. The summed E-state index contributed by atoms with van der Waals surface area (Å²) in [5.41, 5.74) is 0.277. The number of hydrogen-bond donors (Lipinski definition) is 1. The Bertz CT molecular complexity index is 539. The van der Waals surface area contributed by atoms with Crippen LogP contribution < -0.4 is 5.32 Å². The van der Waals surface area contributed by atoms with Gasteiger partial charge >= 0.3 is 6.18 Å². The smallest absolute Gasteiger partial charge is 0.393 e. The molecule has 1 aromatic rings. The normalized spacial score (nSPS) is 23.1. The largest absolute Gasteiger partial charge is 0.465 e. The lowest BCUT2D eigenvalue weighted by atomic mass is 9.84. The third-order valence-electron chi connectivity index (χ3n) is 3.92. The Morgan fingerprint density at radius 1 is 1.24 bits per heavy atom. The van der Waals surface area contributed by atoms with Crippen molar-refractivity contribution in [3.05, 3.63) is 21.6 Å². The fraction of sp³-hybridized carbons (Fsp3) is 0.643. The van der Waals surface area contributed by atoms with E-state index in [1.54, 1.807) is 13.8 Å². The van der Waals surface area contributed by atoms with Crippen LogP contribution in [0.3, 0.4) is 0 Å². The predicted molar refractivity (Wildman–Crippen MR) is 75.1 cm³/mol. The molecule has 0 radical (unpaired) electrons. The van der Waals surface area contributed by atoms with Gasteiger partial charge in [0, 0.05) is 6.04 Å². The van der Waals surface area contributed by atoms with Gasteiger partial charge in [-0.3, -0.25) is 4.79 Å². The number of nitrogens with one attached hydrogen (secondary N) is 1. The Morgan fingerprint density at radius 3 is 2.38 bits per heavy atom. The van der Waals surface area contributed by atoms with Crippen molar-refractivity contribution in [2.24, 2.45) is 5.92 Å². The van der Waals surface area contributed by atoms with E-state index in [9.17, 15) is 18.0 Å². The van der Waals surface area contributed by atoms with Crippen molar-refractivity contribution in [3.8, 4) is 0 Å². The molecule has 1 amide bonds. The second-order valence-electron chi connectivity index (χ2n) is 5.42. The molecular formula is C14H17BrF3NO2. The van der Waals surface area contributed by atoms with Gasteiger partial charge in [0.1, 0.15) is 11.5 Å². The lowest BCUT2D eigenvalue weighted by Gasteiger charge is -2.33. The molecule has 1 N–H and O–H groups in total. The minimum absolute atomic E-state index is 0.0685. The maximum absolute atomic E-state index is 13.0. The van der Waals surface area contributed by atoms with Gasteiger partial charge < -0.3 is 9.73 Å². The van der Waals surface area contributed by atoms with Crippen LogP contribution in [0.2, 0.25) is 0 Å². The highest BCUT2D eigenvalue weighted by Gasteiger charge is 2.46. The lowest BCUT2D eigenvalue weighted by Crippen LogP contribution is -2.47. The molecule has 2 rings (SSSR count). The SMILES string of the molecule is Cc1oc(C)c(C(=O)NC2CCCCC2C(F)(F)F)c1Br. The summed E-state index contributed by atoms with van der Waals surface area (Å²) in [5.74, 6) is -1.05. The maximum atomic E-state index is 13.0. The van der Waals surface area contributed by atoms with Crippen LogP contribution in [0.5, 0.6) is 0 Å². The first-order chi connectivity index (χ1) is 9.71. The lowest BCUT2D eigenvalue weighted by molar-refractivity contribution is -0.187. The molecule has 1 aromatic heterocycles. The van der Waals surface area contributed by atoms with Crippen molar-refractivity contribution in [2.75, 3.05) is 0 Å². The fourth-order valence-corrected chi connectivity index (χ4v) is 3.39. The van der Waals surface area contributed by atoms with Gasteiger partial charge in [0.05, 0.1) is 16.0 Å². The van der Waals surface area contributed by atoms with Crippen LogP contribution in [0.15, 0.2) is 8.89 Å². The van der Waals surface area contributed by atoms with Crippen LogP contribution in [0.25, 0.3) is 0 Å². The number of carbonyl (C=O) groups excluding carboxylic acids is 1. The zero-order chi connectivity index (χ0) is 15.8. The Morgan fingerprint density at radius 2 is 1.86 bits per heavy atom. The Kier molecular flexibility index (Phi) is 4.70. The van der Waals surface area contributed by atoms with Crippen molar-refractivity contribution in [1.82, 2.24) is 5.32 Å². The molecule has 21 heavy (non-hydrogen) atoms. The third kappa shape index (κ3) is 3.44. The Labute approximate surface area is 129 Å². The molecule has 2 atom stereocenters. The van der Waals surface area contributed by atoms with E-state index in [4.69, 9.17) is 4.42 Å². The number of alkyl halides is 3. The van der Waals surface area contributed by atoms with Crippen LogP contribution in [0.1, 0.15) is 47.6 Å². The maximum Gasteiger partial charge on any atom is 0.393 e. The highest BCUT2D eigenvalue weighted by molar-refractivity contribution is 9.10. The van der Waals surface area contributed by atoms with Crippen LogP contribution >= 0.6 is 15.9 Å². The molecule has 1 fully saturated rings. The average molecular weight is 368 g/mol. The third-order valence-corrected chi connectivity index (χ3v) is 4.87. The van der Waals surface area contributed by atoms with E-state index in [1.807, 2.05) is 0 Å². The number of amides is 1.